The van der Waals surface area contributed by atoms with Gasteiger partial charge in [-0.25, -0.2) is 18.7 Å². The third-order valence-corrected chi connectivity index (χ3v) is 3.18. The van der Waals surface area contributed by atoms with Crippen LogP contribution in [-0.2, 0) is 0 Å². The quantitative estimate of drug-likeness (QED) is 0.928. The highest BCUT2D eigenvalue weighted by Crippen LogP contribution is 2.24. The molecule has 0 saturated heterocycles. The normalized spacial score (nSPS) is 10.6. The fourth-order valence-electron chi connectivity index (χ4n) is 1.61. The van der Waals surface area contributed by atoms with Crippen LogP contribution in [0.25, 0.3) is 11.4 Å². The second kappa shape index (κ2) is 5.61. The van der Waals surface area contributed by atoms with Crippen LogP contribution < -0.4 is 5.32 Å². The van der Waals surface area contributed by atoms with Crippen molar-refractivity contribution in [2.24, 2.45) is 0 Å². The van der Waals surface area contributed by atoms with Gasteiger partial charge in [0.05, 0.1) is 10.2 Å². The molecule has 0 radical (unpaired) electrons. The molecule has 2 aromatic rings. The summed E-state index contributed by atoms with van der Waals surface area (Å²) in [5.74, 6) is -0.467. The largest absolute Gasteiger partial charge is 0.368 e. The third kappa shape index (κ3) is 2.89. The van der Waals surface area contributed by atoms with Gasteiger partial charge in [-0.2, -0.15) is 0 Å². The summed E-state index contributed by atoms with van der Waals surface area (Å²) in [5.41, 5.74) is 0.729. The van der Waals surface area contributed by atoms with Crippen molar-refractivity contribution in [1.82, 2.24) is 9.97 Å². The molecule has 0 spiro atoms. The summed E-state index contributed by atoms with van der Waals surface area (Å²) in [6.45, 7) is 3.94. The van der Waals surface area contributed by atoms with Crippen molar-refractivity contribution < 1.29 is 8.78 Å². The molecule has 1 N–H and O–H groups in total. The molecule has 100 valence electrons. The Morgan fingerprint density at radius 3 is 2.63 bits per heavy atom. The molecule has 19 heavy (non-hydrogen) atoms. The average molecular weight is 328 g/mol. The number of hydrogen-bond donors (Lipinski definition) is 1. The number of benzene rings is 1. The minimum absolute atomic E-state index is 0.133. The van der Waals surface area contributed by atoms with Crippen molar-refractivity contribution in [2.45, 2.75) is 13.8 Å². The molecule has 1 heterocycles. The molecule has 1 aromatic heterocycles. The topological polar surface area (TPSA) is 37.8 Å². The van der Waals surface area contributed by atoms with Gasteiger partial charge in [0.1, 0.15) is 5.82 Å². The summed E-state index contributed by atoms with van der Waals surface area (Å²) in [4.78, 5) is 8.13. The molecule has 0 amide bonds. The lowest BCUT2D eigenvalue weighted by Crippen LogP contribution is -2.06. The third-order valence-electron chi connectivity index (χ3n) is 2.54. The highest BCUT2D eigenvalue weighted by molar-refractivity contribution is 9.10. The standard InChI is InChI=1S/C13H12BrF2N3/c1-3-17-13-11(16)7(2)18-12(19-13)8-4-5-9(14)10(15)6-8/h4-6H,3H2,1-2H3,(H,17,18,19). The summed E-state index contributed by atoms with van der Waals surface area (Å²) in [7, 11) is 0. The van der Waals surface area contributed by atoms with Gasteiger partial charge in [0.2, 0.25) is 0 Å². The van der Waals surface area contributed by atoms with Crippen LogP contribution in [0.4, 0.5) is 14.6 Å². The Morgan fingerprint density at radius 1 is 1.26 bits per heavy atom. The van der Waals surface area contributed by atoms with E-state index in [0.29, 0.717) is 22.4 Å². The van der Waals surface area contributed by atoms with E-state index in [2.05, 4.69) is 31.2 Å². The average Bonchev–Trinajstić information content (AvgIpc) is 2.38. The summed E-state index contributed by atoms with van der Waals surface area (Å²) in [5, 5.41) is 2.82. The summed E-state index contributed by atoms with van der Waals surface area (Å²) in [6, 6.07) is 4.56. The second-order valence-electron chi connectivity index (χ2n) is 3.95. The first-order chi connectivity index (χ1) is 9.02. The molecule has 6 heteroatoms. The van der Waals surface area contributed by atoms with E-state index in [-0.39, 0.29) is 11.5 Å². The van der Waals surface area contributed by atoms with Gasteiger partial charge in [-0.3, -0.25) is 0 Å². The monoisotopic (exact) mass is 327 g/mol. The van der Waals surface area contributed by atoms with Crippen LogP contribution in [0.1, 0.15) is 12.6 Å². The number of rotatable bonds is 3. The molecular formula is C13H12BrF2N3. The fourth-order valence-corrected chi connectivity index (χ4v) is 1.85. The maximum absolute atomic E-state index is 13.8. The molecule has 2 rings (SSSR count). The van der Waals surface area contributed by atoms with Gasteiger partial charge in [-0.1, -0.05) is 0 Å². The van der Waals surface area contributed by atoms with Crippen LogP contribution in [0.5, 0.6) is 0 Å². The summed E-state index contributed by atoms with van der Waals surface area (Å²) >= 11 is 3.08. The number of aromatic nitrogens is 2. The zero-order valence-electron chi connectivity index (χ0n) is 10.5. The predicted octanol–water partition coefficient (Wildman–Crippen LogP) is 3.92. The molecular weight excluding hydrogens is 316 g/mol. The maximum Gasteiger partial charge on any atom is 0.186 e. The lowest BCUT2D eigenvalue weighted by molar-refractivity contribution is 0.605. The number of aryl methyl sites for hydroxylation is 1. The molecule has 0 aliphatic carbocycles. The minimum atomic E-state index is -0.483. The van der Waals surface area contributed by atoms with Gasteiger partial charge >= 0.3 is 0 Å². The Balaban J connectivity index is 2.52. The maximum atomic E-state index is 13.8. The van der Waals surface area contributed by atoms with Crippen molar-refractivity contribution in [2.75, 3.05) is 11.9 Å². The molecule has 3 nitrogen and oxygen atoms in total. The smallest absolute Gasteiger partial charge is 0.186 e. The second-order valence-corrected chi connectivity index (χ2v) is 4.81. The first-order valence-electron chi connectivity index (χ1n) is 5.76. The van der Waals surface area contributed by atoms with Gasteiger partial charge in [-0.15, -0.1) is 0 Å². The molecule has 0 bridgehead atoms. The van der Waals surface area contributed by atoms with Crippen molar-refractivity contribution in [3.8, 4) is 11.4 Å². The molecule has 0 unspecified atom stereocenters. The Bertz CT molecular complexity index is 617. The number of nitrogens with zero attached hydrogens (tertiary/aromatic N) is 2. The Kier molecular flexibility index (Phi) is 4.09. The van der Waals surface area contributed by atoms with E-state index in [1.807, 2.05) is 6.92 Å². The van der Waals surface area contributed by atoms with E-state index in [1.54, 1.807) is 19.1 Å². The lowest BCUT2D eigenvalue weighted by atomic mass is 10.2. The highest BCUT2D eigenvalue weighted by Gasteiger charge is 2.13. The van der Waals surface area contributed by atoms with Gasteiger partial charge in [-0.05, 0) is 48.0 Å². The SMILES string of the molecule is CCNc1nc(-c2ccc(Br)c(F)c2)nc(C)c1F. The number of halogens is 3. The summed E-state index contributed by atoms with van der Waals surface area (Å²) < 4.78 is 27.6. The van der Waals surface area contributed by atoms with Gasteiger partial charge in [0.15, 0.2) is 17.5 Å². The minimum Gasteiger partial charge on any atom is -0.368 e. The Morgan fingerprint density at radius 2 is 2.00 bits per heavy atom. The Hall–Kier alpha value is -1.56. The van der Waals surface area contributed by atoms with E-state index in [0.717, 1.165) is 0 Å². The molecule has 0 fully saturated rings. The predicted molar refractivity (Wildman–Crippen MR) is 74.0 cm³/mol. The van der Waals surface area contributed by atoms with E-state index in [9.17, 15) is 8.78 Å². The molecule has 0 aliphatic heterocycles. The van der Waals surface area contributed by atoms with E-state index in [1.165, 1.54) is 6.07 Å². The summed E-state index contributed by atoms with van der Waals surface area (Å²) in [6.07, 6.45) is 0. The van der Waals surface area contributed by atoms with Crippen LogP contribution in [0.3, 0.4) is 0 Å². The lowest BCUT2D eigenvalue weighted by Gasteiger charge is -2.09. The van der Waals surface area contributed by atoms with Crippen molar-refractivity contribution in [3.63, 3.8) is 0 Å². The number of anilines is 1. The van der Waals surface area contributed by atoms with E-state index in [4.69, 9.17) is 0 Å². The van der Waals surface area contributed by atoms with Crippen LogP contribution in [0.15, 0.2) is 22.7 Å². The van der Waals surface area contributed by atoms with Gasteiger partial charge < -0.3 is 5.32 Å². The van der Waals surface area contributed by atoms with Crippen molar-refractivity contribution >= 4 is 21.7 Å². The Labute approximate surface area is 118 Å². The van der Waals surface area contributed by atoms with Gasteiger partial charge in [0.25, 0.3) is 0 Å². The van der Waals surface area contributed by atoms with E-state index < -0.39 is 11.6 Å². The van der Waals surface area contributed by atoms with Crippen LogP contribution in [0, 0.1) is 18.6 Å². The van der Waals surface area contributed by atoms with Gasteiger partial charge in [0, 0.05) is 12.1 Å². The molecule has 0 saturated carbocycles. The number of nitrogens with one attached hydrogen (secondary N) is 1. The first-order valence-corrected chi connectivity index (χ1v) is 6.55. The molecule has 1 aromatic carbocycles. The fraction of sp³-hybridized carbons (Fsp3) is 0.231. The van der Waals surface area contributed by atoms with Crippen molar-refractivity contribution in [1.29, 1.82) is 0 Å². The van der Waals surface area contributed by atoms with Crippen LogP contribution in [-0.4, -0.2) is 16.5 Å². The van der Waals surface area contributed by atoms with Crippen LogP contribution in [0.2, 0.25) is 0 Å². The zero-order valence-corrected chi connectivity index (χ0v) is 12.1. The highest BCUT2D eigenvalue weighted by atomic mass is 79.9. The number of hydrogen-bond acceptors (Lipinski definition) is 3. The first kappa shape index (κ1) is 13.9. The molecule has 0 aliphatic rings. The van der Waals surface area contributed by atoms with Crippen molar-refractivity contribution in [3.05, 3.63) is 40.0 Å². The zero-order chi connectivity index (χ0) is 14.0. The van der Waals surface area contributed by atoms with E-state index >= 15 is 0 Å². The van der Waals surface area contributed by atoms with Crippen LogP contribution >= 0.6 is 15.9 Å². The molecule has 0 atom stereocenters.